The van der Waals surface area contributed by atoms with Crippen LogP contribution in [0.1, 0.15) is 23.0 Å². The lowest BCUT2D eigenvalue weighted by atomic mass is 9.92. The maximum Gasteiger partial charge on any atom is 0.111 e. The van der Waals surface area contributed by atoms with E-state index >= 15 is 0 Å². The highest BCUT2D eigenvalue weighted by molar-refractivity contribution is 5.75. The number of rotatable bonds is 2. The number of nitrogens with one attached hydrogen (secondary N) is 1. The summed E-state index contributed by atoms with van der Waals surface area (Å²) in [7, 11) is 2.11. The second kappa shape index (κ2) is 5.01. The second-order valence-electron chi connectivity index (χ2n) is 5.74. The molecule has 1 aromatic heterocycles. The fraction of sp³-hybridized carbons (Fsp3) is 0.278. The van der Waals surface area contributed by atoms with Crippen molar-refractivity contribution in [1.29, 1.82) is 0 Å². The molecular formula is C18H19N3. The van der Waals surface area contributed by atoms with Crippen LogP contribution in [0.15, 0.2) is 48.5 Å². The van der Waals surface area contributed by atoms with Gasteiger partial charge >= 0.3 is 0 Å². The molecule has 2 heterocycles. The van der Waals surface area contributed by atoms with Crippen LogP contribution in [-0.2, 0) is 19.9 Å². The van der Waals surface area contributed by atoms with Crippen molar-refractivity contribution in [2.75, 3.05) is 6.54 Å². The normalized spacial score (nSPS) is 17.9. The van der Waals surface area contributed by atoms with E-state index in [4.69, 9.17) is 4.98 Å². The van der Waals surface area contributed by atoms with Gasteiger partial charge in [0.25, 0.3) is 0 Å². The van der Waals surface area contributed by atoms with E-state index in [-0.39, 0.29) is 0 Å². The van der Waals surface area contributed by atoms with Gasteiger partial charge in [0.05, 0.1) is 11.0 Å². The maximum absolute atomic E-state index is 4.80. The topological polar surface area (TPSA) is 29.9 Å². The summed E-state index contributed by atoms with van der Waals surface area (Å²) in [5.41, 5.74) is 5.19. The van der Waals surface area contributed by atoms with E-state index in [0.717, 1.165) is 30.7 Å². The molecule has 3 heteroatoms. The number of benzene rings is 2. The minimum absolute atomic E-state index is 0.366. The van der Waals surface area contributed by atoms with Crippen molar-refractivity contribution in [1.82, 2.24) is 14.9 Å². The van der Waals surface area contributed by atoms with Gasteiger partial charge in [-0.3, -0.25) is 0 Å². The summed E-state index contributed by atoms with van der Waals surface area (Å²) in [6.07, 6.45) is 2.05. The van der Waals surface area contributed by atoms with Crippen LogP contribution in [0.25, 0.3) is 11.0 Å². The van der Waals surface area contributed by atoms with Gasteiger partial charge in [0.15, 0.2) is 0 Å². The molecule has 21 heavy (non-hydrogen) atoms. The highest BCUT2D eigenvalue weighted by Gasteiger charge is 2.21. The number of aryl methyl sites for hydroxylation is 1. The first kappa shape index (κ1) is 12.6. The maximum atomic E-state index is 4.80. The second-order valence-corrected chi connectivity index (χ2v) is 5.74. The molecule has 2 aromatic carbocycles. The number of aromatic nitrogens is 2. The van der Waals surface area contributed by atoms with E-state index in [2.05, 4.69) is 59.4 Å². The van der Waals surface area contributed by atoms with Crippen LogP contribution in [-0.4, -0.2) is 16.1 Å². The van der Waals surface area contributed by atoms with Gasteiger partial charge in [-0.05, 0) is 36.2 Å². The van der Waals surface area contributed by atoms with Gasteiger partial charge < -0.3 is 9.88 Å². The first-order valence-electron chi connectivity index (χ1n) is 7.54. The minimum Gasteiger partial charge on any atom is -0.331 e. The summed E-state index contributed by atoms with van der Waals surface area (Å²) >= 11 is 0. The Morgan fingerprint density at radius 1 is 1.14 bits per heavy atom. The highest BCUT2D eigenvalue weighted by Crippen LogP contribution is 2.26. The quantitative estimate of drug-likeness (QED) is 0.780. The predicted octanol–water partition coefficient (Wildman–Crippen LogP) is 3.00. The first-order valence-corrected chi connectivity index (χ1v) is 7.54. The molecular weight excluding hydrogens is 258 g/mol. The van der Waals surface area contributed by atoms with Crippen molar-refractivity contribution >= 4 is 11.0 Å². The van der Waals surface area contributed by atoms with E-state index in [1.165, 1.54) is 16.6 Å². The van der Waals surface area contributed by atoms with Crippen LogP contribution >= 0.6 is 0 Å². The molecule has 1 N–H and O–H groups in total. The average molecular weight is 277 g/mol. The lowest BCUT2D eigenvalue weighted by molar-refractivity contribution is 0.489. The monoisotopic (exact) mass is 277 g/mol. The third kappa shape index (κ3) is 2.14. The van der Waals surface area contributed by atoms with Gasteiger partial charge in [-0.1, -0.05) is 36.4 Å². The Hall–Kier alpha value is -2.13. The Morgan fingerprint density at radius 3 is 2.86 bits per heavy atom. The van der Waals surface area contributed by atoms with E-state index in [1.54, 1.807) is 0 Å². The van der Waals surface area contributed by atoms with Crippen LogP contribution < -0.4 is 5.32 Å². The molecule has 0 radical (unpaired) electrons. The summed E-state index contributed by atoms with van der Waals surface area (Å²) in [5, 5.41) is 3.64. The molecule has 0 amide bonds. The largest absolute Gasteiger partial charge is 0.331 e. The van der Waals surface area contributed by atoms with Gasteiger partial charge in [0.1, 0.15) is 5.82 Å². The van der Waals surface area contributed by atoms with Crippen molar-refractivity contribution in [2.24, 2.45) is 7.05 Å². The summed E-state index contributed by atoms with van der Waals surface area (Å²) in [4.78, 5) is 4.80. The third-order valence-electron chi connectivity index (χ3n) is 4.48. The molecule has 0 saturated heterocycles. The molecule has 0 fully saturated rings. The summed E-state index contributed by atoms with van der Waals surface area (Å²) in [5.74, 6) is 1.14. The molecule has 0 aliphatic carbocycles. The molecule has 4 rings (SSSR count). The molecule has 106 valence electrons. The Bertz CT molecular complexity index is 788. The number of fused-ring (bicyclic) bond motifs is 2. The van der Waals surface area contributed by atoms with Gasteiger partial charge in [-0.25, -0.2) is 4.98 Å². The van der Waals surface area contributed by atoms with Crippen molar-refractivity contribution < 1.29 is 0 Å². The van der Waals surface area contributed by atoms with Crippen molar-refractivity contribution in [2.45, 2.75) is 18.9 Å². The molecule has 1 unspecified atom stereocenters. The molecule has 0 saturated carbocycles. The predicted molar refractivity (Wildman–Crippen MR) is 85.3 cm³/mol. The summed E-state index contributed by atoms with van der Waals surface area (Å²) in [6.45, 7) is 1.05. The summed E-state index contributed by atoms with van der Waals surface area (Å²) in [6, 6.07) is 17.5. The third-order valence-corrected chi connectivity index (χ3v) is 4.48. The van der Waals surface area contributed by atoms with Crippen LogP contribution in [0.4, 0.5) is 0 Å². The van der Waals surface area contributed by atoms with Crippen molar-refractivity contribution in [3.8, 4) is 0 Å². The van der Waals surface area contributed by atoms with Gasteiger partial charge in [0.2, 0.25) is 0 Å². The Labute approximate surface area is 124 Å². The standard InChI is InChI=1S/C18H19N3/c1-21-17-9-5-4-8-15(17)20-18(21)12-16-14-7-3-2-6-13(14)10-11-19-16/h2-9,16,19H,10-12H2,1H3. The van der Waals surface area contributed by atoms with Crippen molar-refractivity contribution in [3.63, 3.8) is 0 Å². The number of hydrogen-bond acceptors (Lipinski definition) is 2. The lowest BCUT2D eigenvalue weighted by Crippen LogP contribution is -2.31. The Morgan fingerprint density at radius 2 is 1.95 bits per heavy atom. The molecule has 3 nitrogen and oxygen atoms in total. The van der Waals surface area contributed by atoms with Gasteiger partial charge in [-0.2, -0.15) is 0 Å². The van der Waals surface area contributed by atoms with Crippen molar-refractivity contribution in [3.05, 3.63) is 65.5 Å². The smallest absolute Gasteiger partial charge is 0.111 e. The van der Waals surface area contributed by atoms with Gasteiger partial charge in [0, 0.05) is 19.5 Å². The van der Waals surface area contributed by atoms with E-state index in [1.807, 2.05) is 6.07 Å². The highest BCUT2D eigenvalue weighted by atomic mass is 15.1. The summed E-state index contributed by atoms with van der Waals surface area (Å²) < 4.78 is 2.22. The number of para-hydroxylation sites is 2. The first-order chi connectivity index (χ1) is 10.3. The lowest BCUT2D eigenvalue weighted by Gasteiger charge is -2.26. The van der Waals surface area contributed by atoms with Gasteiger partial charge in [-0.15, -0.1) is 0 Å². The zero-order chi connectivity index (χ0) is 14.2. The number of nitrogens with zero attached hydrogens (tertiary/aromatic N) is 2. The molecule has 1 aliphatic rings. The number of imidazole rings is 1. The van der Waals surface area contributed by atoms with Crippen LogP contribution in [0.2, 0.25) is 0 Å². The SMILES string of the molecule is Cn1c(CC2NCCc3ccccc32)nc2ccccc21. The molecule has 0 bridgehead atoms. The van der Waals surface area contributed by atoms with Crippen LogP contribution in [0.5, 0.6) is 0 Å². The van der Waals surface area contributed by atoms with Crippen LogP contribution in [0, 0.1) is 0 Å². The Balaban J connectivity index is 1.71. The molecule has 1 atom stereocenters. The average Bonchev–Trinajstić information content (AvgIpc) is 2.85. The number of hydrogen-bond donors (Lipinski definition) is 1. The van der Waals surface area contributed by atoms with E-state index in [9.17, 15) is 0 Å². The van der Waals surface area contributed by atoms with E-state index < -0.39 is 0 Å². The zero-order valence-corrected chi connectivity index (χ0v) is 12.2. The molecule has 0 spiro atoms. The molecule has 1 aliphatic heterocycles. The fourth-order valence-corrected chi connectivity index (χ4v) is 3.34. The van der Waals surface area contributed by atoms with E-state index in [0.29, 0.717) is 6.04 Å². The molecule has 3 aromatic rings. The fourth-order valence-electron chi connectivity index (χ4n) is 3.34. The van der Waals surface area contributed by atoms with Crippen LogP contribution in [0.3, 0.4) is 0 Å². The zero-order valence-electron chi connectivity index (χ0n) is 12.2. The minimum atomic E-state index is 0.366. The Kier molecular flexibility index (Phi) is 3.00.